The van der Waals surface area contributed by atoms with E-state index in [0.717, 1.165) is 80.8 Å². The maximum Gasteiger partial charge on any atom is 0.307 e. The molecule has 1 aromatic heterocycles. The van der Waals surface area contributed by atoms with Crippen molar-refractivity contribution in [1.82, 2.24) is 19.8 Å². The highest BCUT2D eigenvalue weighted by atomic mass is 16.4. The van der Waals surface area contributed by atoms with Gasteiger partial charge in [0.25, 0.3) is 0 Å². The quantitative estimate of drug-likeness (QED) is 0.895. The molecule has 2 aromatic rings. The molecule has 0 amide bonds. The number of rotatable bonds is 4. The number of hydrogen-bond donors (Lipinski definition) is 1. The van der Waals surface area contributed by atoms with Crippen LogP contribution in [0.4, 0.5) is 0 Å². The number of nitrogens with zero attached hydrogens (tertiary/aromatic N) is 4. The lowest BCUT2D eigenvalue weighted by atomic mass is 9.94. The van der Waals surface area contributed by atoms with Crippen LogP contribution in [0, 0.1) is 12.8 Å². The van der Waals surface area contributed by atoms with Gasteiger partial charge in [-0.2, -0.15) is 0 Å². The summed E-state index contributed by atoms with van der Waals surface area (Å²) < 4.78 is 0. The van der Waals surface area contributed by atoms with Gasteiger partial charge < -0.3 is 5.11 Å². The van der Waals surface area contributed by atoms with E-state index < -0.39 is 5.97 Å². The molecule has 4 rings (SSSR count). The number of carboxylic acids is 1. The van der Waals surface area contributed by atoms with Crippen LogP contribution in [0.2, 0.25) is 0 Å². The van der Waals surface area contributed by atoms with Crippen LogP contribution in [0.5, 0.6) is 0 Å². The zero-order valence-electron chi connectivity index (χ0n) is 16.0. The van der Waals surface area contributed by atoms with Gasteiger partial charge in [0.05, 0.1) is 28.3 Å². The Morgan fingerprint density at radius 3 is 2.52 bits per heavy atom. The summed E-state index contributed by atoms with van der Waals surface area (Å²) in [6.45, 7) is 6.72. The van der Waals surface area contributed by atoms with E-state index in [0.29, 0.717) is 6.04 Å². The average Bonchev–Trinajstić information content (AvgIpc) is 2.69. The van der Waals surface area contributed by atoms with E-state index in [1.807, 2.05) is 31.2 Å². The summed E-state index contributed by atoms with van der Waals surface area (Å²) in [4.78, 5) is 25.7. The highest BCUT2D eigenvalue weighted by Gasteiger charge is 2.31. The highest BCUT2D eigenvalue weighted by Crippen LogP contribution is 2.25. The first-order valence-corrected chi connectivity index (χ1v) is 10.0. The first-order valence-electron chi connectivity index (χ1n) is 10.0. The molecule has 144 valence electrons. The molecule has 2 aliphatic rings. The minimum atomic E-state index is -0.637. The van der Waals surface area contributed by atoms with E-state index in [2.05, 4.69) is 9.80 Å². The van der Waals surface area contributed by atoms with E-state index in [1.54, 1.807) is 0 Å². The van der Waals surface area contributed by atoms with E-state index >= 15 is 0 Å². The molecule has 0 aliphatic carbocycles. The fourth-order valence-corrected chi connectivity index (χ4v) is 4.47. The van der Waals surface area contributed by atoms with Gasteiger partial charge in [-0.15, -0.1) is 0 Å². The van der Waals surface area contributed by atoms with Crippen LogP contribution in [-0.2, 0) is 11.3 Å². The zero-order valence-corrected chi connectivity index (χ0v) is 16.0. The van der Waals surface area contributed by atoms with Crippen LogP contribution < -0.4 is 0 Å². The van der Waals surface area contributed by atoms with Gasteiger partial charge in [0.2, 0.25) is 0 Å². The number of aliphatic carboxylic acids is 1. The number of benzene rings is 1. The fourth-order valence-electron chi connectivity index (χ4n) is 4.47. The van der Waals surface area contributed by atoms with Crippen molar-refractivity contribution in [2.45, 2.75) is 45.2 Å². The maximum atomic E-state index is 11.3. The molecular weight excluding hydrogens is 340 g/mol. The monoisotopic (exact) mass is 368 g/mol. The Hall–Kier alpha value is -2.05. The van der Waals surface area contributed by atoms with Crippen molar-refractivity contribution in [3.63, 3.8) is 0 Å². The van der Waals surface area contributed by atoms with Crippen LogP contribution in [-0.4, -0.2) is 63.1 Å². The third-order valence-corrected chi connectivity index (χ3v) is 6.09. The van der Waals surface area contributed by atoms with E-state index in [-0.39, 0.29) is 5.92 Å². The van der Waals surface area contributed by atoms with Crippen molar-refractivity contribution in [2.24, 2.45) is 5.92 Å². The topological polar surface area (TPSA) is 69.6 Å². The van der Waals surface area contributed by atoms with Crippen LogP contribution >= 0.6 is 0 Å². The summed E-state index contributed by atoms with van der Waals surface area (Å²) in [6, 6.07) is 8.55. The zero-order chi connectivity index (χ0) is 18.8. The van der Waals surface area contributed by atoms with E-state index in [9.17, 15) is 9.90 Å². The number of piperidine rings is 2. The Morgan fingerprint density at radius 1 is 1.11 bits per heavy atom. The molecule has 0 spiro atoms. The van der Waals surface area contributed by atoms with Gasteiger partial charge in [-0.05, 0) is 51.3 Å². The number of aryl methyl sites for hydroxylation is 1. The standard InChI is InChI=1S/C21H28N4O2/c1-15-20(23-19-7-3-2-6-18(19)22-15)14-24-11-8-17(9-12-24)25-10-4-5-16(13-25)21(26)27/h2-3,6-7,16-17H,4-5,8-14H2,1H3,(H,26,27)/t16-/m1/s1. The van der Waals surface area contributed by atoms with Crippen molar-refractivity contribution in [3.8, 4) is 0 Å². The van der Waals surface area contributed by atoms with Gasteiger partial charge in [-0.1, -0.05) is 12.1 Å². The molecule has 6 heteroatoms. The Labute approximate surface area is 160 Å². The Kier molecular flexibility index (Phi) is 5.36. The van der Waals surface area contributed by atoms with Crippen molar-refractivity contribution in [1.29, 1.82) is 0 Å². The van der Waals surface area contributed by atoms with Crippen molar-refractivity contribution >= 4 is 17.0 Å². The molecule has 2 fully saturated rings. The number of para-hydroxylation sites is 2. The highest BCUT2D eigenvalue weighted by molar-refractivity contribution is 5.74. The lowest BCUT2D eigenvalue weighted by Gasteiger charge is -2.41. The predicted molar refractivity (Wildman–Crippen MR) is 105 cm³/mol. The molecule has 1 aromatic carbocycles. The average molecular weight is 368 g/mol. The third-order valence-electron chi connectivity index (χ3n) is 6.09. The number of hydrogen-bond acceptors (Lipinski definition) is 5. The molecule has 0 unspecified atom stereocenters. The summed E-state index contributed by atoms with van der Waals surface area (Å²) in [5.41, 5.74) is 3.99. The van der Waals surface area contributed by atoms with E-state index in [1.165, 1.54) is 0 Å². The lowest BCUT2D eigenvalue weighted by molar-refractivity contribution is -0.144. The Balaban J connectivity index is 1.36. The van der Waals surface area contributed by atoms with Gasteiger partial charge in [-0.25, -0.2) is 9.97 Å². The molecule has 6 nitrogen and oxygen atoms in total. The smallest absolute Gasteiger partial charge is 0.307 e. The number of likely N-dealkylation sites (tertiary alicyclic amines) is 2. The maximum absolute atomic E-state index is 11.3. The van der Waals surface area contributed by atoms with Gasteiger partial charge in [0.15, 0.2) is 0 Å². The summed E-state index contributed by atoms with van der Waals surface area (Å²) in [5, 5.41) is 9.31. The second-order valence-electron chi connectivity index (χ2n) is 7.92. The molecule has 1 atom stereocenters. The first kappa shape index (κ1) is 18.3. The van der Waals surface area contributed by atoms with Gasteiger partial charge in [0.1, 0.15) is 0 Å². The normalized spacial score (nSPS) is 22.9. The first-order chi connectivity index (χ1) is 13.1. The van der Waals surface area contributed by atoms with E-state index in [4.69, 9.17) is 9.97 Å². The van der Waals surface area contributed by atoms with Crippen LogP contribution in [0.15, 0.2) is 24.3 Å². The summed E-state index contributed by atoms with van der Waals surface area (Å²) >= 11 is 0. The molecule has 3 heterocycles. The Morgan fingerprint density at radius 2 is 1.81 bits per heavy atom. The molecule has 27 heavy (non-hydrogen) atoms. The Bertz CT molecular complexity index is 817. The number of fused-ring (bicyclic) bond motifs is 1. The van der Waals surface area contributed by atoms with Gasteiger partial charge in [0, 0.05) is 32.2 Å². The molecular formula is C21H28N4O2. The molecule has 0 saturated carbocycles. The minimum Gasteiger partial charge on any atom is -0.481 e. The SMILES string of the molecule is Cc1nc2ccccc2nc1CN1CCC(N2CCC[C@@H](C(=O)O)C2)CC1. The van der Waals surface area contributed by atoms with Crippen LogP contribution in [0.3, 0.4) is 0 Å². The lowest BCUT2D eigenvalue weighted by Crippen LogP contribution is -2.49. The van der Waals surface area contributed by atoms with Crippen molar-refractivity contribution in [3.05, 3.63) is 35.7 Å². The number of carboxylic acid groups (broad SMARTS) is 1. The van der Waals surface area contributed by atoms with Gasteiger partial charge in [-0.3, -0.25) is 14.6 Å². The second kappa shape index (κ2) is 7.90. The molecule has 0 bridgehead atoms. The second-order valence-corrected chi connectivity index (χ2v) is 7.92. The summed E-state index contributed by atoms with van der Waals surface area (Å²) in [5.74, 6) is -0.824. The third kappa shape index (κ3) is 4.12. The van der Waals surface area contributed by atoms with Crippen molar-refractivity contribution < 1.29 is 9.90 Å². The summed E-state index contributed by atoms with van der Waals surface area (Å²) in [7, 11) is 0. The predicted octanol–water partition coefficient (Wildman–Crippen LogP) is 2.70. The molecule has 2 saturated heterocycles. The number of carbonyl (C=O) groups is 1. The largest absolute Gasteiger partial charge is 0.481 e. The number of aromatic nitrogens is 2. The van der Waals surface area contributed by atoms with Crippen LogP contribution in [0.1, 0.15) is 37.1 Å². The van der Waals surface area contributed by atoms with Crippen molar-refractivity contribution in [2.75, 3.05) is 26.2 Å². The van der Waals surface area contributed by atoms with Gasteiger partial charge >= 0.3 is 5.97 Å². The molecule has 0 radical (unpaired) electrons. The minimum absolute atomic E-state index is 0.188. The molecule has 2 aliphatic heterocycles. The molecule has 1 N–H and O–H groups in total. The van der Waals surface area contributed by atoms with Crippen LogP contribution in [0.25, 0.3) is 11.0 Å². The fraction of sp³-hybridized carbons (Fsp3) is 0.571. The summed E-state index contributed by atoms with van der Waals surface area (Å²) in [6.07, 6.45) is 4.03.